The maximum absolute atomic E-state index is 13.6. The van der Waals surface area contributed by atoms with E-state index in [-0.39, 0.29) is 43.7 Å². The van der Waals surface area contributed by atoms with Crippen molar-refractivity contribution in [1.29, 1.82) is 0 Å². The molecule has 0 bridgehead atoms. The van der Waals surface area contributed by atoms with Crippen LogP contribution >= 0.6 is 0 Å². The van der Waals surface area contributed by atoms with Crippen molar-refractivity contribution in [1.82, 2.24) is 10.2 Å². The second-order valence-corrected chi connectivity index (χ2v) is 11.5. The molecule has 210 valence electrons. The highest BCUT2D eigenvalue weighted by Crippen LogP contribution is 2.30. The van der Waals surface area contributed by atoms with Crippen LogP contribution in [-0.2, 0) is 26.2 Å². The summed E-state index contributed by atoms with van der Waals surface area (Å²) in [5, 5.41) is 2.95. The SMILES string of the molecule is CC[C@@H](C(=O)NCC(C)C)N(Cc1cccc(OC)c1)C(=O)CCCN(c1ccccc1OC)S(C)(=O)=O. The number of para-hydroxylation sites is 2. The number of hydrogen-bond donors (Lipinski definition) is 1. The van der Waals surface area contributed by atoms with Gasteiger partial charge in [-0.25, -0.2) is 8.42 Å². The molecule has 0 fully saturated rings. The number of nitrogens with one attached hydrogen (secondary N) is 1. The molecule has 0 saturated heterocycles. The zero-order valence-electron chi connectivity index (χ0n) is 23.3. The second kappa shape index (κ2) is 14.6. The third-order valence-electron chi connectivity index (χ3n) is 6.06. The summed E-state index contributed by atoms with van der Waals surface area (Å²) in [7, 11) is -0.569. The molecule has 2 aromatic rings. The van der Waals surface area contributed by atoms with Crippen LogP contribution in [0.25, 0.3) is 0 Å². The molecule has 0 unspecified atom stereocenters. The number of nitrogens with zero attached hydrogens (tertiary/aromatic N) is 2. The van der Waals surface area contributed by atoms with Crippen molar-refractivity contribution in [2.24, 2.45) is 5.92 Å². The molecule has 10 heteroatoms. The lowest BCUT2D eigenvalue weighted by Crippen LogP contribution is -2.49. The van der Waals surface area contributed by atoms with Crippen molar-refractivity contribution in [2.45, 2.75) is 52.6 Å². The summed E-state index contributed by atoms with van der Waals surface area (Å²) in [4.78, 5) is 28.2. The first kappa shape index (κ1) is 31.0. The molecule has 1 atom stereocenters. The average Bonchev–Trinajstić information content (AvgIpc) is 2.89. The van der Waals surface area contributed by atoms with Gasteiger partial charge < -0.3 is 19.7 Å². The smallest absolute Gasteiger partial charge is 0.242 e. The number of rotatable bonds is 15. The van der Waals surface area contributed by atoms with Gasteiger partial charge in [0.05, 0.1) is 26.2 Å². The fraction of sp³-hybridized carbons (Fsp3) is 0.500. The number of carbonyl (C=O) groups is 2. The topological polar surface area (TPSA) is 105 Å². The summed E-state index contributed by atoms with van der Waals surface area (Å²) >= 11 is 0. The molecule has 0 aliphatic heterocycles. The van der Waals surface area contributed by atoms with E-state index in [0.717, 1.165) is 11.8 Å². The quantitative estimate of drug-likeness (QED) is 0.363. The minimum Gasteiger partial charge on any atom is -0.497 e. The van der Waals surface area contributed by atoms with Crippen LogP contribution in [0.1, 0.15) is 45.6 Å². The van der Waals surface area contributed by atoms with E-state index in [0.29, 0.717) is 30.2 Å². The molecule has 0 radical (unpaired) electrons. The number of anilines is 1. The first-order valence-electron chi connectivity index (χ1n) is 12.8. The van der Waals surface area contributed by atoms with E-state index in [9.17, 15) is 18.0 Å². The van der Waals surface area contributed by atoms with E-state index in [1.807, 2.05) is 45.0 Å². The Labute approximate surface area is 227 Å². The molecule has 1 N–H and O–H groups in total. The lowest BCUT2D eigenvalue weighted by atomic mass is 10.1. The fourth-order valence-corrected chi connectivity index (χ4v) is 5.10. The predicted octanol–water partition coefficient (Wildman–Crippen LogP) is 3.83. The highest BCUT2D eigenvalue weighted by atomic mass is 32.2. The van der Waals surface area contributed by atoms with Gasteiger partial charge in [0, 0.05) is 26.1 Å². The number of ether oxygens (including phenoxy) is 2. The molecule has 38 heavy (non-hydrogen) atoms. The highest BCUT2D eigenvalue weighted by Gasteiger charge is 2.29. The number of sulfonamides is 1. The minimum atomic E-state index is -3.62. The van der Waals surface area contributed by atoms with Crippen LogP contribution in [0.4, 0.5) is 5.69 Å². The molecule has 0 aliphatic carbocycles. The van der Waals surface area contributed by atoms with Gasteiger partial charge in [0.15, 0.2) is 0 Å². The van der Waals surface area contributed by atoms with Crippen LogP contribution < -0.4 is 19.1 Å². The summed E-state index contributed by atoms with van der Waals surface area (Å²) in [5.41, 5.74) is 1.25. The lowest BCUT2D eigenvalue weighted by Gasteiger charge is -2.31. The first-order chi connectivity index (χ1) is 18.0. The summed E-state index contributed by atoms with van der Waals surface area (Å²) < 4.78 is 37.1. The molecule has 0 spiro atoms. The standard InChI is InChI=1S/C28H41N3O6S/c1-7-24(28(33)29-19-21(2)3)30(20-22-12-10-13-23(18-22)36-4)27(32)16-11-17-31(38(6,34)35)25-14-8-9-15-26(25)37-5/h8-10,12-15,18,21,24H,7,11,16-17,19-20H2,1-6H3,(H,29,33)/t24-/m0/s1. The van der Waals surface area contributed by atoms with Gasteiger partial charge in [-0.05, 0) is 48.6 Å². The Balaban J connectivity index is 2.26. The molecular formula is C28H41N3O6S. The summed E-state index contributed by atoms with van der Waals surface area (Å²) in [6.45, 7) is 6.73. The second-order valence-electron chi connectivity index (χ2n) is 9.55. The van der Waals surface area contributed by atoms with E-state index in [1.165, 1.54) is 11.4 Å². The van der Waals surface area contributed by atoms with Crippen molar-refractivity contribution in [3.63, 3.8) is 0 Å². The third-order valence-corrected chi connectivity index (χ3v) is 7.24. The van der Waals surface area contributed by atoms with Crippen molar-refractivity contribution >= 4 is 27.5 Å². The monoisotopic (exact) mass is 547 g/mol. The maximum Gasteiger partial charge on any atom is 0.242 e. The van der Waals surface area contributed by atoms with E-state index in [4.69, 9.17) is 9.47 Å². The maximum atomic E-state index is 13.6. The average molecular weight is 548 g/mol. The van der Waals surface area contributed by atoms with Crippen LogP contribution in [0, 0.1) is 5.92 Å². The molecule has 2 amide bonds. The van der Waals surface area contributed by atoms with E-state index < -0.39 is 16.1 Å². The van der Waals surface area contributed by atoms with E-state index >= 15 is 0 Å². The van der Waals surface area contributed by atoms with E-state index in [1.54, 1.807) is 36.3 Å². The fourth-order valence-electron chi connectivity index (χ4n) is 4.13. The summed E-state index contributed by atoms with van der Waals surface area (Å²) in [6, 6.07) is 13.6. The zero-order valence-corrected chi connectivity index (χ0v) is 24.1. The van der Waals surface area contributed by atoms with Crippen LogP contribution in [0.5, 0.6) is 11.5 Å². The number of benzene rings is 2. The van der Waals surface area contributed by atoms with Crippen LogP contribution in [-0.4, -0.2) is 64.7 Å². The molecular weight excluding hydrogens is 506 g/mol. The molecule has 0 aromatic heterocycles. The van der Waals surface area contributed by atoms with Crippen LogP contribution in [0.3, 0.4) is 0 Å². The predicted molar refractivity (Wildman–Crippen MR) is 150 cm³/mol. The van der Waals surface area contributed by atoms with Crippen LogP contribution in [0.2, 0.25) is 0 Å². The Morgan fingerprint density at radius 2 is 1.74 bits per heavy atom. The zero-order chi connectivity index (χ0) is 28.3. The van der Waals surface area contributed by atoms with Gasteiger partial charge in [0.2, 0.25) is 21.8 Å². The van der Waals surface area contributed by atoms with Crippen LogP contribution in [0.15, 0.2) is 48.5 Å². The largest absolute Gasteiger partial charge is 0.497 e. The van der Waals surface area contributed by atoms with Gasteiger partial charge in [-0.1, -0.05) is 45.0 Å². The molecule has 2 aromatic carbocycles. The first-order valence-corrected chi connectivity index (χ1v) is 14.7. The van der Waals surface area contributed by atoms with Crippen molar-refractivity contribution < 1.29 is 27.5 Å². The van der Waals surface area contributed by atoms with Gasteiger partial charge in [-0.3, -0.25) is 13.9 Å². The summed E-state index contributed by atoms with van der Waals surface area (Å²) in [6.07, 6.45) is 1.90. The molecule has 0 saturated carbocycles. The highest BCUT2D eigenvalue weighted by molar-refractivity contribution is 7.92. The van der Waals surface area contributed by atoms with Crippen molar-refractivity contribution in [3.05, 3.63) is 54.1 Å². The third kappa shape index (κ3) is 8.93. The molecule has 2 rings (SSSR count). The van der Waals surface area contributed by atoms with Crippen molar-refractivity contribution in [3.8, 4) is 11.5 Å². The van der Waals surface area contributed by atoms with Gasteiger partial charge in [-0.2, -0.15) is 0 Å². The number of hydrogen-bond acceptors (Lipinski definition) is 6. The summed E-state index contributed by atoms with van der Waals surface area (Å²) in [5.74, 6) is 0.928. The van der Waals surface area contributed by atoms with Gasteiger partial charge in [0.1, 0.15) is 17.5 Å². The molecule has 9 nitrogen and oxygen atoms in total. The van der Waals surface area contributed by atoms with Gasteiger partial charge in [-0.15, -0.1) is 0 Å². The molecule has 0 heterocycles. The minimum absolute atomic E-state index is 0.0685. The Kier molecular flexibility index (Phi) is 11.9. The lowest BCUT2D eigenvalue weighted by molar-refractivity contribution is -0.141. The molecule has 0 aliphatic rings. The number of methoxy groups -OCH3 is 2. The number of amides is 2. The van der Waals surface area contributed by atoms with E-state index in [2.05, 4.69) is 5.32 Å². The Hall–Kier alpha value is -3.27. The van der Waals surface area contributed by atoms with Gasteiger partial charge >= 0.3 is 0 Å². The van der Waals surface area contributed by atoms with Crippen molar-refractivity contribution in [2.75, 3.05) is 37.9 Å². The van der Waals surface area contributed by atoms with Gasteiger partial charge in [0.25, 0.3) is 0 Å². The Morgan fingerprint density at radius 1 is 1.03 bits per heavy atom. The Morgan fingerprint density at radius 3 is 2.34 bits per heavy atom. The number of carbonyl (C=O) groups excluding carboxylic acids is 2. The normalized spacial score (nSPS) is 12.1. The Bertz CT molecular complexity index is 1170.